The topological polar surface area (TPSA) is 12.0 Å². The Bertz CT molecular complexity index is 315. The molecule has 1 nitrogen and oxygen atoms in total. The molecule has 0 radical (unpaired) electrons. The summed E-state index contributed by atoms with van der Waals surface area (Å²) in [6, 6.07) is 4.85. The second kappa shape index (κ2) is 7.64. The molecule has 0 atom stereocenters. The zero-order valence-corrected chi connectivity index (χ0v) is 10.5. The second-order valence-electron chi connectivity index (χ2n) is 3.99. The molecule has 0 spiro atoms. The number of hydrogen-bond donors (Lipinski definition) is 1. The lowest BCUT2D eigenvalue weighted by atomic mass is 10.2. The van der Waals surface area contributed by atoms with Crippen LogP contribution in [0.1, 0.15) is 38.2 Å². The van der Waals surface area contributed by atoms with Gasteiger partial charge in [-0.3, -0.25) is 0 Å². The Morgan fingerprint density at radius 3 is 2.75 bits per heavy atom. The van der Waals surface area contributed by atoms with Crippen molar-refractivity contribution in [2.45, 2.75) is 39.2 Å². The Balaban J connectivity index is 2.19. The Morgan fingerprint density at radius 2 is 2.06 bits per heavy atom. The van der Waals surface area contributed by atoms with E-state index in [1.54, 1.807) is 12.1 Å². The standard InChI is InChI=1S/C13H19ClFN/c1-2-3-4-5-8-16-10-11-6-7-13(15)12(14)9-11/h6-7,9,16H,2-5,8,10H2,1H3. The van der Waals surface area contributed by atoms with Crippen LogP contribution in [0.3, 0.4) is 0 Å². The predicted octanol–water partition coefficient (Wildman–Crippen LogP) is 4.15. The molecule has 0 bridgehead atoms. The molecule has 0 saturated carbocycles. The van der Waals surface area contributed by atoms with Crippen molar-refractivity contribution in [3.05, 3.63) is 34.6 Å². The molecule has 1 rings (SSSR count). The lowest BCUT2D eigenvalue weighted by molar-refractivity contribution is 0.596. The van der Waals surface area contributed by atoms with E-state index < -0.39 is 0 Å². The first kappa shape index (κ1) is 13.5. The van der Waals surface area contributed by atoms with E-state index >= 15 is 0 Å². The van der Waals surface area contributed by atoms with Crippen LogP contribution in [0, 0.1) is 5.82 Å². The van der Waals surface area contributed by atoms with E-state index in [0.717, 1.165) is 18.7 Å². The van der Waals surface area contributed by atoms with Crippen molar-refractivity contribution in [1.29, 1.82) is 0 Å². The van der Waals surface area contributed by atoms with E-state index in [9.17, 15) is 4.39 Å². The average molecular weight is 244 g/mol. The van der Waals surface area contributed by atoms with Gasteiger partial charge in [0.2, 0.25) is 0 Å². The third-order valence-electron chi connectivity index (χ3n) is 2.52. The molecule has 0 saturated heterocycles. The lowest BCUT2D eigenvalue weighted by Crippen LogP contribution is -2.14. The molecule has 3 heteroatoms. The van der Waals surface area contributed by atoms with E-state index in [2.05, 4.69) is 12.2 Å². The van der Waals surface area contributed by atoms with Gasteiger partial charge in [-0.1, -0.05) is 43.9 Å². The minimum atomic E-state index is -0.353. The highest BCUT2D eigenvalue weighted by Gasteiger charge is 2.00. The Kier molecular flexibility index (Phi) is 6.43. The first-order valence-electron chi connectivity index (χ1n) is 5.88. The molecule has 1 aromatic carbocycles. The van der Waals surface area contributed by atoms with Gasteiger partial charge in [-0.05, 0) is 30.7 Å². The summed E-state index contributed by atoms with van der Waals surface area (Å²) in [4.78, 5) is 0. The Morgan fingerprint density at radius 1 is 1.25 bits per heavy atom. The lowest BCUT2D eigenvalue weighted by Gasteiger charge is -2.05. The van der Waals surface area contributed by atoms with Gasteiger partial charge in [-0.15, -0.1) is 0 Å². The summed E-state index contributed by atoms with van der Waals surface area (Å²) in [5.41, 5.74) is 1.03. The van der Waals surface area contributed by atoms with E-state index in [1.807, 2.05) is 0 Å². The summed E-state index contributed by atoms with van der Waals surface area (Å²) in [6.45, 7) is 3.97. The molecule has 0 aromatic heterocycles. The molecular formula is C13H19ClFN. The van der Waals surface area contributed by atoms with E-state index in [0.29, 0.717) is 0 Å². The van der Waals surface area contributed by atoms with Crippen molar-refractivity contribution in [3.8, 4) is 0 Å². The van der Waals surface area contributed by atoms with Crippen molar-refractivity contribution in [3.63, 3.8) is 0 Å². The number of nitrogens with one attached hydrogen (secondary N) is 1. The maximum Gasteiger partial charge on any atom is 0.141 e. The summed E-state index contributed by atoms with van der Waals surface area (Å²) < 4.78 is 12.9. The summed E-state index contributed by atoms with van der Waals surface area (Å²) >= 11 is 5.69. The zero-order chi connectivity index (χ0) is 11.8. The SMILES string of the molecule is CCCCCCNCc1ccc(F)c(Cl)c1. The molecule has 16 heavy (non-hydrogen) atoms. The van der Waals surface area contributed by atoms with Gasteiger partial charge in [-0.2, -0.15) is 0 Å². The first-order valence-corrected chi connectivity index (χ1v) is 6.26. The molecule has 0 aliphatic carbocycles. The molecule has 0 aliphatic rings. The number of benzene rings is 1. The van der Waals surface area contributed by atoms with Gasteiger partial charge in [0.05, 0.1) is 5.02 Å². The smallest absolute Gasteiger partial charge is 0.141 e. The molecule has 0 heterocycles. The highest BCUT2D eigenvalue weighted by Crippen LogP contribution is 2.15. The third-order valence-corrected chi connectivity index (χ3v) is 2.81. The molecular weight excluding hydrogens is 225 g/mol. The van der Waals surface area contributed by atoms with Crippen LogP contribution in [0.15, 0.2) is 18.2 Å². The third kappa shape index (κ3) is 4.95. The van der Waals surface area contributed by atoms with Crippen LogP contribution in [0.4, 0.5) is 4.39 Å². The Hall–Kier alpha value is -0.600. The number of rotatable bonds is 7. The van der Waals surface area contributed by atoms with Crippen molar-refractivity contribution < 1.29 is 4.39 Å². The van der Waals surface area contributed by atoms with Gasteiger partial charge < -0.3 is 5.32 Å². The summed E-state index contributed by atoms with van der Waals surface area (Å²) in [6.07, 6.45) is 5.02. The average Bonchev–Trinajstić information content (AvgIpc) is 2.28. The summed E-state index contributed by atoms with van der Waals surface area (Å²) in [7, 11) is 0. The quantitative estimate of drug-likeness (QED) is 0.710. The molecule has 90 valence electrons. The van der Waals surface area contributed by atoms with E-state index in [1.165, 1.54) is 31.7 Å². The monoisotopic (exact) mass is 243 g/mol. The largest absolute Gasteiger partial charge is 0.313 e. The van der Waals surface area contributed by atoms with Crippen LogP contribution in [-0.2, 0) is 6.54 Å². The van der Waals surface area contributed by atoms with Gasteiger partial charge >= 0.3 is 0 Å². The zero-order valence-electron chi connectivity index (χ0n) is 9.73. The maximum absolute atomic E-state index is 12.9. The van der Waals surface area contributed by atoms with Crippen LogP contribution in [-0.4, -0.2) is 6.54 Å². The van der Waals surface area contributed by atoms with E-state index in [-0.39, 0.29) is 10.8 Å². The van der Waals surface area contributed by atoms with Crippen LogP contribution in [0.2, 0.25) is 5.02 Å². The maximum atomic E-state index is 12.9. The van der Waals surface area contributed by atoms with Gasteiger partial charge in [0.25, 0.3) is 0 Å². The molecule has 0 amide bonds. The van der Waals surface area contributed by atoms with Crippen molar-refractivity contribution >= 4 is 11.6 Å². The van der Waals surface area contributed by atoms with Gasteiger partial charge in [0, 0.05) is 6.54 Å². The summed E-state index contributed by atoms with van der Waals surface area (Å²) in [5, 5.41) is 3.53. The summed E-state index contributed by atoms with van der Waals surface area (Å²) in [5.74, 6) is -0.353. The van der Waals surface area contributed by atoms with Gasteiger partial charge in [0.1, 0.15) is 5.82 Å². The Labute approximate surface area is 102 Å². The van der Waals surface area contributed by atoms with Crippen molar-refractivity contribution in [1.82, 2.24) is 5.32 Å². The van der Waals surface area contributed by atoms with Crippen LogP contribution in [0.25, 0.3) is 0 Å². The van der Waals surface area contributed by atoms with Crippen LogP contribution in [0.5, 0.6) is 0 Å². The van der Waals surface area contributed by atoms with Crippen molar-refractivity contribution in [2.24, 2.45) is 0 Å². The van der Waals surface area contributed by atoms with Gasteiger partial charge in [0.15, 0.2) is 0 Å². The molecule has 0 fully saturated rings. The fraction of sp³-hybridized carbons (Fsp3) is 0.538. The predicted molar refractivity (Wildman–Crippen MR) is 67.3 cm³/mol. The number of hydrogen-bond acceptors (Lipinski definition) is 1. The van der Waals surface area contributed by atoms with Crippen LogP contribution >= 0.6 is 11.6 Å². The van der Waals surface area contributed by atoms with E-state index in [4.69, 9.17) is 11.6 Å². The molecule has 0 unspecified atom stereocenters. The minimum absolute atomic E-state index is 0.199. The number of halogens is 2. The van der Waals surface area contributed by atoms with Crippen molar-refractivity contribution in [2.75, 3.05) is 6.54 Å². The molecule has 1 aromatic rings. The highest BCUT2D eigenvalue weighted by atomic mass is 35.5. The molecule has 0 aliphatic heterocycles. The molecule has 1 N–H and O–H groups in total. The fourth-order valence-corrected chi connectivity index (χ4v) is 1.76. The van der Waals surface area contributed by atoms with Crippen LogP contribution < -0.4 is 5.32 Å². The van der Waals surface area contributed by atoms with Gasteiger partial charge in [-0.25, -0.2) is 4.39 Å². The number of unbranched alkanes of at least 4 members (excludes halogenated alkanes) is 3. The second-order valence-corrected chi connectivity index (χ2v) is 4.39. The fourth-order valence-electron chi connectivity index (χ4n) is 1.56. The minimum Gasteiger partial charge on any atom is -0.313 e. The first-order chi connectivity index (χ1) is 7.74. The normalized spacial score (nSPS) is 10.7. The highest BCUT2D eigenvalue weighted by molar-refractivity contribution is 6.30.